The van der Waals surface area contributed by atoms with Crippen LogP contribution in [0.15, 0.2) is 23.3 Å². The number of alkyl halides is 3. The van der Waals surface area contributed by atoms with E-state index in [-0.39, 0.29) is 5.92 Å². The Balaban J connectivity index is 2.82. The molecule has 0 fully saturated rings. The Labute approximate surface area is 82.5 Å². The minimum absolute atomic E-state index is 0.269. The van der Waals surface area contributed by atoms with Gasteiger partial charge in [0.2, 0.25) is 0 Å². The maximum absolute atomic E-state index is 12.5. The van der Waals surface area contributed by atoms with Crippen LogP contribution in [-0.2, 0) is 0 Å². The molecule has 0 heterocycles. The van der Waals surface area contributed by atoms with Crippen molar-refractivity contribution >= 4 is 0 Å². The molecule has 3 heteroatoms. The van der Waals surface area contributed by atoms with Crippen molar-refractivity contribution < 1.29 is 13.2 Å². The summed E-state index contributed by atoms with van der Waals surface area (Å²) in [6.45, 7) is 3.87. The summed E-state index contributed by atoms with van der Waals surface area (Å²) >= 11 is 0. The molecule has 0 amide bonds. The number of allylic oxidation sites excluding steroid dienone is 4. The third-order valence-electron chi connectivity index (χ3n) is 2.19. The van der Waals surface area contributed by atoms with Crippen LogP contribution in [0.2, 0.25) is 0 Å². The summed E-state index contributed by atoms with van der Waals surface area (Å²) in [7, 11) is 0. The van der Waals surface area contributed by atoms with Crippen LogP contribution in [0.5, 0.6) is 0 Å². The zero-order chi connectivity index (χ0) is 10.8. The summed E-state index contributed by atoms with van der Waals surface area (Å²) in [6.07, 6.45) is 0.630. The van der Waals surface area contributed by atoms with E-state index >= 15 is 0 Å². The predicted molar refractivity (Wildman–Crippen MR) is 50.9 cm³/mol. The van der Waals surface area contributed by atoms with Crippen molar-refractivity contribution in [1.82, 2.24) is 0 Å². The average Bonchev–Trinajstić information content (AvgIpc) is 2.01. The number of rotatable bonds is 2. The molecule has 1 aliphatic rings. The minimum atomic E-state index is -4.18. The van der Waals surface area contributed by atoms with Gasteiger partial charge < -0.3 is 0 Å². The Morgan fingerprint density at radius 3 is 2.29 bits per heavy atom. The van der Waals surface area contributed by atoms with Gasteiger partial charge in [-0.25, -0.2) is 0 Å². The summed E-state index contributed by atoms with van der Waals surface area (Å²) in [5.41, 5.74) is 0.0520. The molecule has 0 N–H and O–H groups in total. The van der Waals surface area contributed by atoms with Gasteiger partial charge in [0.05, 0.1) is 5.57 Å². The fourth-order valence-corrected chi connectivity index (χ4v) is 1.66. The zero-order valence-corrected chi connectivity index (χ0v) is 8.49. The van der Waals surface area contributed by atoms with Gasteiger partial charge in [0, 0.05) is 0 Å². The van der Waals surface area contributed by atoms with E-state index in [1.54, 1.807) is 6.08 Å². The summed E-state index contributed by atoms with van der Waals surface area (Å²) in [6, 6.07) is 0. The predicted octanol–water partition coefficient (Wildman–Crippen LogP) is 4.24. The van der Waals surface area contributed by atoms with Crippen molar-refractivity contribution in [2.24, 2.45) is 5.92 Å². The van der Waals surface area contributed by atoms with E-state index in [1.807, 2.05) is 13.8 Å². The standard InChI is InChI=1S/C11H15F3/c1-8(2)7-9-5-3-4-6-10(9)11(12,13)14/h5-6,8H,3-4,7H2,1-2H3. The van der Waals surface area contributed by atoms with Crippen LogP contribution in [0, 0.1) is 5.92 Å². The molecule has 14 heavy (non-hydrogen) atoms. The molecular weight excluding hydrogens is 189 g/mol. The van der Waals surface area contributed by atoms with Crippen LogP contribution >= 0.6 is 0 Å². The average molecular weight is 204 g/mol. The summed E-state index contributed by atoms with van der Waals surface area (Å²) in [5, 5.41) is 0. The zero-order valence-electron chi connectivity index (χ0n) is 8.49. The van der Waals surface area contributed by atoms with Crippen LogP contribution in [0.3, 0.4) is 0 Å². The Morgan fingerprint density at radius 2 is 1.79 bits per heavy atom. The van der Waals surface area contributed by atoms with E-state index in [4.69, 9.17) is 0 Å². The van der Waals surface area contributed by atoms with E-state index in [1.165, 1.54) is 6.08 Å². The van der Waals surface area contributed by atoms with Crippen LogP contribution < -0.4 is 0 Å². The Hall–Kier alpha value is -0.730. The molecule has 0 unspecified atom stereocenters. The molecular formula is C11H15F3. The van der Waals surface area contributed by atoms with Crippen LogP contribution in [0.25, 0.3) is 0 Å². The first-order valence-electron chi connectivity index (χ1n) is 4.88. The number of halogens is 3. The van der Waals surface area contributed by atoms with Gasteiger partial charge >= 0.3 is 6.18 Å². The van der Waals surface area contributed by atoms with Crippen molar-refractivity contribution in [3.8, 4) is 0 Å². The lowest BCUT2D eigenvalue weighted by molar-refractivity contribution is -0.0901. The second-order valence-corrected chi connectivity index (χ2v) is 4.02. The summed E-state index contributed by atoms with van der Waals surface area (Å²) in [4.78, 5) is 0. The third kappa shape index (κ3) is 2.89. The van der Waals surface area contributed by atoms with Gasteiger partial charge in [-0.15, -0.1) is 0 Å². The van der Waals surface area contributed by atoms with Gasteiger partial charge in [0.25, 0.3) is 0 Å². The molecule has 0 saturated heterocycles. The van der Waals surface area contributed by atoms with Gasteiger partial charge in [-0.05, 0) is 30.8 Å². The molecule has 0 spiro atoms. The minimum Gasteiger partial charge on any atom is -0.166 e. The highest BCUT2D eigenvalue weighted by molar-refractivity contribution is 5.37. The first-order valence-corrected chi connectivity index (χ1v) is 4.88. The van der Waals surface area contributed by atoms with Crippen molar-refractivity contribution in [2.75, 3.05) is 0 Å². The highest BCUT2D eigenvalue weighted by atomic mass is 19.4. The molecule has 0 aromatic carbocycles. The molecule has 1 aliphatic carbocycles. The second kappa shape index (κ2) is 4.20. The smallest absolute Gasteiger partial charge is 0.166 e. The van der Waals surface area contributed by atoms with Crippen LogP contribution in [0.1, 0.15) is 33.1 Å². The lowest BCUT2D eigenvalue weighted by atomic mass is 9.91. The van der Waals surface area contributed by atoms with Gasteiger partial charge in [0.1, 0.15) is 0 Å². The summed E-state index contributed by atoms with van der Waals surface area (Å²) in [5.74, 6) is 0.269. The third-order valence-corrected chi connectivity index (χ3v) is 2.19. The van der Waals surface area contributed by atoms with E-state index in [2.05, 4.69) is 0 Å². The van der Waals surface area contributed by atoms with Crippen LogP contribution in [0.4, 0.5) is 13.2 Å². The summed E-state index contributed by atoms with van der Waals surface area (Å²) < 4.78 is 37.6. The Bertz CT molecular complexity index is 256. The molecule has 0 bridgehead atoms. The molecule has 0 aliphatic heterocycles. The maximum Gasteiger partial charge on any atom is 0.416 e. The van der Waals surface area contributed by atoms with E-state index in [0.29, 0.717) is 18.4 Å². The van der Waals surface area contributed by atoms with E-state index in [9.17, 15) is 13.2 Å². The van der Waals surface area contributed by atoms with Crippen molar-refractivity contribution in [2.45, 2.75) is 39.3 Å². The van der Waals surface area contributed by atoms with Gasteiger partial charge in [-0.2, -0.15) is 13.2 Å². The molecule has 0 saturated carbocycles. The van der Waals surface area contributed by atoms with Gasteiger partial charge in [0.15, 0.2) is 0 Å². The molecule has 0 aromatic heterocycles. The molecule has 0 nitrogen and oxygen atoms in total. The number of hydrogen-bond donors (Lipinski definition) is 0. The van der Waals surface area contributed by atoms with E-state index in [0.717, 1.165) is 6.42 Å². The maximum atomic E-state index is 12.5. The monoisotopic (exact) mass is 204 g/mol. The molecule has 80 valence electrons. The normalized spacial score (nSPS) is 18.1. The lowest BCUT2D eigenvalue weighted by Gasteiger charge is -2.20. The van der Waals surface area contributed by atoms with Crippen molar-refractivity contribution in [1.29, 1.82) is 0 Å². The molecule has 0 atom stereocenters. The van der Waals surface area contributed by atoms with Crippen LogP contribution in [-0.4, -0.2) is 6.18 Å². The lowest BCUT2D eigenvalue weighted by Crippen LogP contribution is -2.16. The highest BCUT2D eigenvalue weighted by Crippen LogP contribution is 2.36. The van der Waals surface area contributed by atoms with Gasteiger partial charge in [-0.3, -0.25) is 0 Å². The Kier molecular flexibility index (Phi) is 3.40. The first kappa shape index (κ1) is 11.3. The highest BCUT2D eigenvalue weighted by Gasteiger charge is 2.36. The Morgan fingerprint density at radius 1 is 1.21 bits per heavy atom. The SMILES string of the molecule is CC(C)CC1=CCCC=C1C(F)(F)F. The van der Waals surface area contributed by atoms with E-state index < -0.39 is 11.7 Å². The quantitative estimate of drug-likeness (QED) is 0.631. The second-order valence-electron chi connectivity index (χ2n) is 4.02. The largest absolute Gasteiger partial charge is 0.416 e. The molecule has 1 rings (SSSR count). The van der Waals surface area contributed by atoms with Crippen molar-refractivity contribution in [3.63, 3.8) is 0 Å². The van der Waals surface area contributed by atoms with Gasteiger partial charge in [-0.1, -0.05) is 26.0 Å². The fourth-order valence-electron chi connectivity index (χ4n) is 1.66. The first-order chi connectivity index (χ1) is 6.41. The van der Waals surface area contributed by atoms with Crippen molar-refractivity contribution in [3.05, 3.63) is 23.3 Å². The fraction of sp³-hybridized carbons (Fsp3) is 0.636. The molecule has 0 aromatic rings. The number of hydrogen-bond acceptors (Lipinski definition) is 0. The molecule has 0 radical (unpaired) electrons. The topological polar surface area (TPSA) is 0 Å².